The van der Waals surface area contributed by atoms with E-state index in [0.717, 1.165) is 12.0 Å². The number of Topliss-reactive ketones (excluding diaryl/α,β-unsaturated/α-hetero) is 1. The van der Waals surface area contributed by atoms with Crippen LogP contribution >= 0.6 is 0 Å². The number of ketones is 1. The van der Waals surface area contributed by atoms with Crippen LogP contribution in [0.15, 0.2) is 24.3 Å². The van der Waals surface area contributed by atoms with Crippen molar-refractivity contribution in [3.8, 4) is 5.75 Å². The van der Waals surface area contributed by atoms with Gasteiger partial charge in [0.05, 0.1) is 12.1 Å². The number of amides is 1. The minimum Gasteiger partial charge on any atom is -0.508 e. The van der Waals surface area contributed by atoms with Gasteiger partial charge in [0, 0.05) is 6.54 Å². The molecule has 1 amide bonds. The first-order valence-electron chi connectivity index (χ1n) is 7.24. The number of hydrogen-bond donors (Lipinski definition) is 2. The van der Waals surface area contributed by atoms with E-state index < -0.39 is 6.04 Å². The number of hydrogen-bond acceptors (Lipinski definition) is 4. The molecule has 1 aliphatic heterocycles. The number of benzene rings is 1. The van der Waals surface area contributed by atoms with Crippen LogP contribution in [0.2, 0.25) is 0 Å². The molecule has 1 saturated heterocycles. The summed E-state index contributed by atoms with van der Waals surface area (Å²) in [5.74, 6) is 0.216. The van der Waals surface area contributed by atoms with E-state index in [4.69, 9.17) is 5.73 Å². The van der Waals surface area contributed by atoms with Crippen molar-refractivity contribution in [1.29, 1.82) is 0 Å². The first-order valence-corrected chi connectivity index (χ1v) is 7.24. The molecule has 21 heavy (non-hydrogen) atoms. The lowest BCUT2D eigenvalue weighted by atomic mass is 9.99. The molecule has 3 N–H and O–H groups in total. The Bertz CT molecular complexity index is 527. The van der Waals surface area contributed by atoms with E-state index in [0.29, 0.717) is 13.0 Å². The van der Waals surface area contributed by atoms with E-state index in [1.54, 1.807) is 29.2 Å². The molecule has 0 aromatic heterocycles. The van der Waals surface area contributed by atoms with Gasteiger partial charge in [0.2, 0.25) is 5.91 Å². The normalized spacial score (nSPS) is 23.1. The largest absolute Gasteiger partial charge is 0.508 e. The predicted molar refractivity (Wildman–Crippen MR) is 79.7 cm³/mol. The lowest BCUT2D eigenvalue weighted by Gasteiger charge is -2.27. The lowest BCUT2D eigenvalue weighted by Crippen LogP contribution is -2.50. The first kappa shape index (κ1) is 15.5. The zero-order valence-electron chi connectivity index (χ0n) is 12.5. The van der Waals surface area contributed by atoms with Gasteiger partial charge in [-0.05, 0) is 43.4 Å². The summed E-state index contributed by atoms with van der Waals surface area (Å²) in [6.45, 7) is 4.11. The molecule has 3 atom stereocenters. The fourth-order valence-electron chi connectivity index (χ4n) is 3.00. The van der Waals surface area contributed by atoms with Crippen LogP contribution in [-0.2, 0) is 16.0 Å². The van der Waals surface area contributed by atoms with Crippen LogP contribution in [0.5, 0.6) is 5.75 Å². The topological polar surface area (TPSA) is 83.6 Å². The summed E-state index contributed by atoms with van der Waals surface area (Å²) < 4.78 is 0. The smallest absolute Gasteiger partial charge is 0.240 e. The number of phenols is 1. The second-order valence-electron chi connectivity index (χ2n) is 5.83. The van der Waals surface area contributed by atoms with E-state index in [9.17, 15) is 14.7 Å². The molecular weight excluding hydrogens is 268 g/mol. The Morgan fingerprint density at radius 1 is 1.38 bits per heavy atom. The molecule has 114 valence electrons. The van der Waals surface area contributed by atoms with Crippen molar-refractivity contribution in [3.05, 3.63) is 29.8 Å². The Morgan fingerprint density at radius 3 is 2.57 bits per heavy atom. The van der Waals surface area contributed by atoms with Gasteiger partial charge in [0.25, 0.3) is 0 Å². The highest BCUT2D eigenvalue weighted by molar-refractivity contribution is 5.90. The molecule has 1 fully saturated rings. The van der Waals surface area contributed by atoms with Gasteiger partial charge in [-0.15, -0.1) is 0 Å². The second kappa shape index (κ2) is 6.26. The minimum atomic E-state index is -0.665. The molecule has 1 heterocycles. The van der Waals surface area contributed by atoms with Crippen LogP contribution in [0.3, 0.4) is 0 Å². The highest BCUT2D eigenvalue weighted by atomic mass is 16.3. The minimum absolute atomic E-state index is 0.0187. The fourth-order valence-corrected chi connectivity index (χ4v) is 3.00. The number of carbonyl (C=O) groups is 2. The standard InChI is InChI=1S/C16H22N2O3/c1-10-7-8-18(15(10)11(2)19)16(21)14(17)9-12-3-5-13(20)6-4-12/h3-6,10,14-15,20H,7-9,17H2,1-2H3/t10?,14-,15?/m0/s1. The SMILES string of the molecule is CC(=O)C1C(C)CCN1C(=O)[C@@H](N)Cc1ccc(O)cc1. The third-order valence-corrected chi connectivity index (χ3v) is 4.11. The van der Waals surface area contributed by atoms with Gasteiger partial charge in [-0.3, -0.25) is 9.59 Å². The summed E-state index contributed by atoms with van der Waals surface area (Å²) in [7, 11) is 0. The average Bonchev–Trinajstić information content (AvgIpc) is 2.82. The fraction of sp³-hybridized carbons (Fsp3) is 0.500. The van der Waals surface area contributed by atoms with Gasteiger partial charge in [-0.25, -0.2) is 0 Å². The summed E-state index contributed by atoms with van der Waals surface area (Å²) in [4.78, 5) is 25.8. The van der Waals surface area contributed by atoms with E-state index in [2.05, 4.69) is 0 Å². The van der Waals surface area contributed by atoms with Crippen molar-refractivity contribution in [2.45, 2.75) is 38.8 Å². The average molecular weight is 290 g/mol. The number of rotatable bonds is 4. The molecule has 2 unspecified atom stereocenters. The number of aromatic hydroxyl groups is 1. The van der Waals surface area contributed by atoms with Gasteiger partial charge in [0.1, 0.15) is 5.75 Å². The summed E-state index contributed by atoms with van der Waals surface area (Å²) in [5.41, 5.74) is 6.90. The Balaban J connectivity index is 2.05. The molecule has 0 radical (unpaired) electrons. The molecule has 5 nitrogen and oxygen atoms in total. The van der Waals surface area contributed by atoms with E-state index in [-0.39, 0.29) is 29.4 Å². The number of phenolic OH excluding ortho intramolecular Hbond substituents is 1. The molecule has 0 saturated carbocycles. The second-order valence-corrected chi connectivity index (χ2v) is 5.83. The Morgan fingerprint density at radius 2 is 2.00 bits per heavy atom. The van der Waals surface area contributed by atoms with Crippen molar-refractivity contribution in [3.63, 3.8) is 0 Å². The number of likely N-dealkylation sites (tertiary alicyclic amines) is 1. The Kier molecular flexibility index (Phi) is 4.63. The highest BCUT2D eigenvalue weighted by Gasteiger charge is 2.38. The number of nitrogens with zero attached hydrogens (tertiary/aromatic N) is 1. The van der Waals surface area contributed by atoms with Crippen molar-refractivity contribution < 1.29 is 14.7 Å². The molecular formula is C16H22N2O3. The molecule has 2 rings (SSSR count). The van der Waals surface area contributed by atoms with Crippen molar-refractivity contribution in [2.24, 2.45) is 11.7 Å². The van der Waals surface area contributed by atoms with Crippen LogP contribution in [0.25, 0.3) is 0 Å². The van der Waals surface area contributed by atoms with Crippen molar-refractivity contribution >= 4 is 11.7 Å². The molecule has 0 spiro atoms. The van der Waals surface area contributed by atoms with Crippen molar-refractivity contribution in [1.82, 2.24) is 4.90 Å². The summed E-state index contributed by atoms with van der Waals surface area (Å²) in [5, 5.41) is 9.25. The number of carbonyl (C=O) groups excluding carboxylic acids is 2. The third kappa shape index (κ3) is 3.42. The molecule has 5 heteroatoms. The molecule has 0 aliphatic carbocycles. The maximum atomic E-state index is 12.5. The van der Waals surface area contributed by atoms with Gasteiger partial charge in [0.15, 0.2) is 5.78 Å². The molecule has 1 aliphatic rings. The van der Waals surface area contributed by atoms with Gasteiger partial charge in [-0.2, -0.15) is 0 Å². The summed E-state index contributed by atoms with van der Waals surface area (Å²) >= 11 is 0. The molecule has 1 aromatic rings. The zero-order chi connectivity index (χ0) is 15.6. The van der Waals surface area contributed by atoms with Gasteiger partial charge in [-0.1, -0.05) is 19.1 Å². The van der Waals surface area contributed by atoms with E-state index in [1.807, 2.05) is 6.92 Å². The first-order chi connectivity index (χ1) is 9.90. The Hall–Kier alpha value is -1.88. The van der Waals surface area contributed by atoms with Crippen LogP contribution in [-0.4, -0.2) is 40.3 Å². The van der Waals surface area contributed by atoms with E-state index >= 15 is 0 Å². The van der Waals surface area contributed by atoms with Crippen LogP contribution in [0.4, 0.5) is 0 Å². The predicted octanol–water partition coefficient (Wildman–Crippen LogP) is 1.09. The molecule has 1 aromatic carbocycles. The maximum Gasteiger partial charge on any atom is 0.240 e. The number of nitrogens with two attached hydrogens (primary N) is 1. The van der Waals surface area contributed by atoms with Crippen molar-refractivity contribution in [2.75, 3.05) is 6.54 Å². The summed E-state index contributed by atoms with van der Waals surface area (Å²) in [6, 6.07) is 5.63. The quantitative estimate of drug-likeness (QED) is 0.869. The maximum absolute atomic E-state index is 12.5. The lowest BCUT2D eigenvalue weighted by molar-refractivity contribution is -0.138. The monoisotopic (exact) mass is 290 g/mol. The van der Waals surface area contributed by atoms with E-state index in [1.165, 1.54) is 6.92 Å². The van der Waals surface area contributed by atoms with Gasteiger partial charge >= 0.3 is 0 Å². The summed E-state index contributed by atoms with van der Waals surface area (Å²) in [6.07, 6.45) is 1.23. The van der Waals surface area contributed by atoms with Crippen LogP contribution in [0.1, 0.15) is 25.8 Å². The van der Waals surface area contributed by atoms with Crippen LogP contribution in [0, 0.1) is 5.92 Å². The van der Waals surface area contributed by atoms with Crippen LogP contribution < -0.4 is 5.73 Å². The zero-order valence-corrected chi connectivity index (χ0v) is 12.5. The Labute approximate surface area is 124 Å². The highest BCUT2D eigenvalue weighted by Crippen LogP contribution is 2.25. The third-order valence-electron chi connectivity index (χ3n) is 4.11. The van der Waals surface area contributed by atoms with Gasteiger partial charge < -0.3 is 15.7 Å². The molecule has 0 bridgehead atoms.